The van der Waals surface area contributed by atoms with E-state index >= 15 is 28.8 Å². The van der Waals surface area contributed by atoms with Crippen LogP contribution in [-0.4, -0.2) is 245 Å². The smallest absolute Gasteiger partial charge is 0.254 e. The Morgan fingerprint density at radius 2 is 1.16 bits per heavy atom. The number of amides is 12. The second kappa shape index (κ2) is 46.7. The molecule has 3 fully saturated rings. The Hall–Kier alpha value is -11.0. The Morgan fingerprint density at radius 1 is 0.579 bits per heavy atom. The molecule has 11 atom stereocenters. The Balaban J connectivity index is 1.00. The summed E-state index contributed by atoms with van der Waals surface area (Å²) in [6.07, 6.45) is 9.12. The van der Waals surface area contributed by atoms with Gasteiger partial charge >= 0.3 is 0 Å². The third kappa shape index (κ3) is 28.6. The maximum atomic E-state index is 15.8. The van der Waals surface area contributed by atoms with Gasteiger partial charge in [0, 0.05) is 107 Å². The fraction of sp³-hybridized carbons (Fsp3) is 0.506. The van der Waals surface area contributed by atoms with Crippen LogP contribution in [-0.2, 0) is 83.2 Å². The van der Waals surface area contributed by atoms with E-state index in [0.717, 1.165) is 40.6 Å². The van der Waals surface area contributed by atoms with Crippen LogP contribution in [0.4, 0.5) is 5.82 Å². The number of nitrogens with one attached hydrogen (secondary N) is 10. The number of hydrogen-bond acceptors (Lipinski definition) is 19. The van der Waals surface area contributed by atoms with Gasteiger partial charge in [0.05, 0.1) is 19.8 Å². The van der Waals surface area contributed by atoms with Crippen molar-refractivity contribution in [1.82, 2.24) is 77.4 Å². The van der Waals surface area contributed by atoms with E-state index in [9.17, 15) is 33.9 Å². The molecular weight excluding hydrogens is 1570 g/mol. The van der Waals surface area contributed by atoms with Crippen LogP contribution in [0.25, 0.3) is 10.8 Å². The maximum Gasteiger partial charge on any atom is 0.254 e. The number of hydrogen-bond donors (Lipinski definition) is 12. The quantitative estimate of drug-likeness (QED) is 0.0234. The van der Waals surface area contributed by atoms with Crippen molar-refractivity contribution in [2.24, 2.45) is 11.7 Å². The first-order valence-electron chi connectivity index (χ1n) is 42.1. The van der Waals surface area contributed by atoms with Gasteiger partial charge in [0.25, 0.3) is 5.91 Å². The lowest BCUT2D eigenvalue weighted by atomic mass is 9.99. The first kappa shape index (κ1) is 93.9. The molecule has 0 radical (unpaired) electrons. The number of likely N-dealkylation sites (N-methyl/N-ethyl adjacent to an activating group) is 1. The molecule has 3 aliphatic heterocycles. The topological polar surface area (TPSA) is 419 Å². The van der Waals surface area contributed by atoms with Gasteiger partial charge in [-0.3, -0.25) is 67.4 Å². The average Bonchev–Trinajstić information content (AvgIpc) is 1.75. The lowest BCUT2D eigenvalue weighted by Crippen LogP contribution is -2.62. The van der Waals surface area contributed by atoms with E-state index in [-0.39, 0.29) is 75.4 Å². The minimum Gasteiger partial charge on any atom is -0.394 e. The van der Waals surface area contributed by atoms with Crippen molar-refractivity contribution in [2.75, 3.05) is 78.5 Å². The summed E-state index contributed by atoms with van der Waals surface area (Å²) in [6, 6.07) is 20.6. The van der Waals surface area contributed by atoms with Crippen molar-refractivity contribution in [3.8, 4) is 0 Å². The van der Waals surface area contributed by atoms with Crippen LogP contribution in [0, 0.1) is 5.92 Å². The molecule has 0 aliphatic carbocycles. The van der Waals surface area contributed by atoms with Gasteiger partial charge in [0.2, 0.25) is 65.0 Å². The SMILES string of the molecule is CC(=O)N[C@@H](Cc1ccc2ccccc2c1)C(=O)N[C@@H](Cc1ccc(Cl)cc1)C(=O)N[C@@H](Cc1cccnc1)C(=O)N[C@@H](CO)C(=O)N(C)[C@@H](Cc1ccc(C(=O)N2CCOCC2)cc1)C(=O)N[C@@H](CCCCNc1ccc(C2CCCN2C)cn1)C(=O)N[C@@H](CC(C)C)C(=O)N[C@@H](CCCCNC(C)C)C(=O)N1CCC[C@H]1C(=O)N[C@@H](C)C(N)=O. The van der Waals surface area contributed by atoms with E-state index < -0.39 is 132 Å². The zero-order chi connectivity index (χ0) is 87.2. The Morgan fingerprint density at radius 3 is 1.78 bits per heavy atom. The summed E-state index contributed by atoms with van der Waals surface area (Å²) in [4.78, 5) is 189. The number of halogens is 1. The lowest BCUT2D eigenvalue weighted by molar-refractivity contribution is -0.144. The molecule has 0 bridgehead atoms. The maximum absolute atomic E-state index is 15.8. The average molecular weight is 1690 g/mol. The molecule has 1 unspecified atom stereocenters. The van der Waals surface area contributed by atoms with Gasteiger partial charge in [-0.1, -0.05) is 118 Å². The second-order valence-electron chi connectivity index (χ2n) is 32.4. The number of anilines is 1. The zero-order valence-electron chi connectivity index (χ0n) is 70.6. The number of aromatic nitrogens is 2. The van der Waals surface area contributed by atoms with Gasteiger partial charge in [0.1, 0.15) is 66.2 Å². The molecule has 3 saturated heterocycles. The highest BCUT2D eigenvalue weighted by molar-refractivity contribution is 6.30. The third-order valence-electron chi connectivity index (χ3n) is 22.2. The molecule has 5 heterocycles. The summed E-state index contributed by atoms with van der Waals surface area (Å²) in [5, 5.41) is 42.7. The number of rotatable bonds is 44. The molecule has 0 spiro atoms. The van der Waals surface area contributed by atoms with E-state index in [1.165, 1.54) is 38.2 Å². The van der Waals surface area contributed by atoms with Crippen molar-refractivity contribution in [2.45, 2.75) is 210 Å². The highest BCUT2D eigenvalue weighted by atomic mass is 35.5. The number of nitrogens with two attached hydrogens (primary N) is 1. The van der Waals surface area contributed by atoms with Crippen LogP contribution in [0.1, 0.15) is 156 Å². The molecule has 12 amide bonds. The molecule has 121 heavy (non-hydrogen) atoms. The second-order valence-corrected chi connectivity index (χ2v) is 32.9. The Bertz CT molecular complexity index is 4480. The lowest BCUT2D eigenvalue weighted by Gasteiger charge is -2.33. The number of carbonyl (C=O) groups is 12. The normalized spacial score (nSPS) is 17.0. The summed E-state index contributed by atoms with van der Waals surface area (Å²) >= 11 is 6.31. The highest BCUT2D eigenvalue weighted by Gasteiger charge is 2.42. The Kier molecular flexibility index (Phi) is 36.2. The van der Waals surface area contributed by atoms with E-state index in [2.05, 4.69) is 70.1 Å². The molecule has 0 saturated carbocycles. The minimum absolute atomic E-state index is 0.0263. The van der Waals surface area contributed by atoms with Crippen molar-refractivity contribution >= 4 is 99.1 Å². The number of unbranched alkanes of at least 4 members (excludes halogenated alkanes) is 2. The van der Waals surface area contributed by atoms with E-state index in [4.69, 9.17) is 27.1 Å². The number of nitrogens with zero attached hydrogens (tertiary/aromatic N) is 6. The van der Waals surface area contributed by atoms with E-state index in [0.29, 0.717) is 117 Å². The van der Waals surface area contributed by atoms with E-state index in [1.807, 2.05) is 88.5 Å². The monoisotopic (exact) mass is 1690 g/mol. The number of aliphatic hydroxyl groups excluding tert-OH is 1. The number of morpholine rings is 1. The number of primary amides is 1. The first-order chi connectivity index (χ1) is 58.0. The number of benzene rings is 4. The number of pyridine rings is 2. The number of likely N-dealkylation sites (tertiary alicyclic amines) is 2. The van der Waals surface area contributed by atoms with Gasteiger partial charge in [-0.15, -0.1) is 0 Å². The molecule has 4 aromatic carbocycles. The van der Waals surface area contributed by atoms with Gasteiger partial charge in [-0.05, 0) is 179 Å². The molecule has 652 valence electrons. The van der Waals surface area contributed by atoms with Crippen LogP contribution < -0.4 is 58.9 Å². The van der Waals surface area contributed by atoms with Crippen molar-refractivity contribution in [1.29, 1.82) is 0 Å². The minimum atomic E-state index is -1.82. The molecule has 32 heteroatoms. The number of carbonyl (C=O) groups excluding carboxylic acids is 12. The molecule has 6 aromatic rings. The fourth-order valence-corrected chi connectivity index (χ4v) is 15.5. The largest absolute Gasteiger partial charge is 0.394 e. The van der Waals surface area contributed by atoms with Crippen molar-refractivity contribution in [3.63, 3.8) is 0 Å². The standard InChI is InChI=1S/C89H120ClN17O14/c1-55(2)46-70(81(112)99-69(22-12-13-38-93-56(3)4)89(120)107-41-17-24-76(107)85(116)96-57(5)79(91)110)100-80(111)68(21-11-14-39-94-78-36-33-66(53-95-78)75-23-16-40-104(75)7)98-86(117)77(51-60-25-31-64(32-26-60)87(118)106-42-44-121-45-43-106)105(8)88(119)74(54-108)103-84(115)73(50-62-18-15-37-92-52-62)102-83(114)72(48-59-28-34-67(90)35-29-59)101-82(113)71(97-58(6)109)49-61-27-30-63-19-9-10-20-65(63)47-61/h9-10,15,18-20,25-37,47,52-53,55-57,68-77,93,108H,11-14,16-17,21-24,38-46,48-51,54H2,1-8H3,(H2,91,110)(H,94,95)(H,96,116)(H,97,109)(H,98,117)(H,99,112)(H,100,111)(H,101,113)(H,102,114)(H,103,115)/t57-,68-,69-,70-,71-,72-,73-,74-,75?,76-,77-/m0/s1. The molecule has 3 aliphatic rings. The summed E-state index contributed by atoms with van der Waals surface area (Å²) < 4.78 is 5.50. The molecule has 31 nitrogen and oxygen atoms in total. The molecular formula is C89H120ClN17O14. The summed E-state index contributed by atoms with van der Waals surface area (Å²) in [5.41, 5.74) is 9.10. The summed E-state index contributed by atoms with van der Waals surface area (Å²) in [5.74, 6) is -8.17. The molecule has 9 rings (SSSR count). The van der Waals surface area contributed by atoms with Crippen LogP contribution >= 0.6 is 11.6 Å². The van der Waals surface area contributed by atoms with Crippen LogP contribution in [0.5, 0.6) is 0 Å². The number of ether oxygens (including phenoxy) is 1. The van der Waals surface area contributed by atoms with Crippen LogP contribution in [0.15, 0.2) is 134 Å². The Labute approximate surface area is 713 Å². The third-order valence-corrected chi connectivity index (χ3v) is 22.4. The summed E-state index contributed by atoms with van der Waals surface area (Å²) in [6.45, 7) is 13.0. The van der Waals surface area contributed by atoms with Gasteiger partial charge in [-0.25, -0.2) is 4.98 Å². The fourth-order valence-electron chi connectivity index (χ4n) is 15.4. The highest BCUT2D eigenvalue weighted by Crippen LogP contribution is 2.31. The van der Waals surface area contributed by atoms with E-state index in [1.54, 1.807) is 65.6 Å². The zero-order valence-corrected chi connectivity index (χ0v) is 71.3. The van der Waals surface area contributed by atoms with Crippen molar-refractivity contribution < 1.29 is 67.4 Å². The van der Waals surface area contributed by atoms with Crippen LogP contribution in [0.2, 0.25) is 5.02 Å². The van der Waals surface area contributed by atoms with Gasteiger partial charge < -0.3 is 83.4 Å². The molecule has 13 N–H and O–H groups in total. The predicted molar refractivity (Wildman–Crippen MR) is 460 cm³/mol. The predicted octanol–water partition coefficient (Wildman–Crippen LogP) is 4.50. The van der Waals surface area contributed by atoms with Gasteiger partial charge in [0.15, 0.2) is 0 Å². The van der Waals surface area contributed by atoms with Gasteiger partial charge in [-0.2, -0.15) is 0 Å². The number of fused-ring (bicyclic) bond motifs is 1. The number of aliphatic hydroxyl groups is 1. The summed E-state index contributed by atoms with van der Waals surface area (Å²) in [7, 11) is 3.38. The van der Waals surface area contributed by atoms with Crippen molar-refractivity contribution in [3.05, 3.63) is 172 Å². The van der Waals surface area contributed by atoms with Crippen LogP contribution in [0.3, 0.4) is 0 Å². The molecule has 2 aromatic heterocycles. The first-order valence-corrected chi connectivity index (χ1v) is 42.5.